The van der Waals surface area contributed by atoms with E-state index >= 15 is 0 Å². The maximum Gasteiger partial charge on any atom is 0.161 e. The Kier molecular flexibility index (Phi) is 7.67. The summed E-state index contributed by atoms with van der Waals surface area (Å²) < 4.78 is 12.2. The number of benzene rings is 7. The van der Waals surface area contributed by atoms with Gasteiger partial charge in [0.25, 0.3) is 0 Å². The lowest BCUT2D eigenvalue weighted by atomic mass is 10.0. The molecule has 7 aromatic rings. The van der Waals surface area contributed by atoms with E-state index in [-0.39, 0.29) is 0 Å². The van der Waals surface area contributed by atoms with Crippen LogP contribution < -0.4 is 19.3 Å². The molecule has 0 amide bonds. The second-order valence-corrected chi connectivity index (χ2v) is 12.7. The Morgan fingerprint density at radius 3 is 1.34 bits per heavy atom. The molecule has 6 heteroatoms. The van der Waals surface area contributed by atoms with Crippen LogP contribution in [0.4, 0.5) is 22.7 Å². The van der Waals surface area contributed by atoms with Crippen molar-refractivity contribution in [3.05, 3.63) is 168 Å². The number of para-hydroxylation sites is 2. The number of fused-ring (bicyclic) bond motifs is 6. The zero-order chi connectivity index (χ0) is 33.3. The van der Waals surface area contributed by atoms with E-state index in [1.165, 1.54) is 21.9 Å². The molecule has 242 valence electrons. The molecule has 0 spiro atoms. The van der Waals surface area contributed by atoms with Gasteiger partial charge in [-0.25, -0.2) is 0 Å². The topological polar surface area (TPSA) is 49.7 Å². The lowest BCUT2D eigenvalue weighted by Gasteiger charge is -2.31. The van der Waals surface area contributed by atoms with Crippen molar-refractivity contribution in [2.24, 2.45) is 9.98 Å². The Bertz CT molecular complexity index is 2220. The SMILES string of the molecule is C(=Nc1ccc2c3c(ccc2c1)OCN(c1ccccc1)C3)c1ccc(C=Nc2ccc3c4c(ccc3c2)OCN(c2ccccc2)C4)cc1. The average molecular weight is 651 g/mol. The summed E-state index contributed by atoms with van der Waals surface area (Å²) in [5.74, 6) is 1.91. The van der Waals surface area contributed by atoms with E-state index in [4.69, 9.17) is 19.5 Å². The van der Waals surface area contributed by atoms with Crippen LogP contribution in [-0.4, -0.2) is 25.9 Å². The largest absolute Gasteiger partial charge is 0.473 e. The van der Waals surface area contributed by atoms with Crippen LogP contribution in [0.5, 0.6) is 11.5 Å². The fraction of sp³-hybridized carbons (Fsp3) is 0.0909. The van der Waals surface area contributed by atoms with Crippen LogP contribution in [0.15, 0.2) is 156 Å². The van der Waals surface area contributed by atoms with Crippen molar-refractivity contribution in [3.63, 3.8) is 0 Å². The highest BCUT2D eigenvalue weighted by atomic mass is 16.5. The zero-order valence-electron chi connectivity index (χ0n) is 27.4. The van der Waals surface area contributed by atoms with Crippen LogP contribution in [0.25, 0.3) is 21.5 Å². The first-order valence-corrected chi connectivity index (χ1v) is 16.9. The molecule has 0 unspecified atom stereocenters. The molecule has 0 saturated heterocycles. The molecule has 0 bridgehead atoms. The van der Waals surface area contributed by atoms with Crippen molar-refractivity contribution in [1.82, 2.24) is 0 Å². The van der Waals surface area contributed by atoms with Gasteiger partial charge >= 0.3 is 0 Å². The van der Waals surface area contributed by atoms with Crippen LogP contribution in [0.2, 0.25) is 0 Å². The molecular weight excluding hydrogens is 617 g/mol. The fourth-order valence-corrected chi connectivity index (χ4v) is 6.82. The molecule has 0 saturated carbocycles. The summed E-state index contributed by atoms with van der Waals surface area (Å²) in [4.78, 5) is 14.1. The summed E-state index contributed by atoms with van der Waals surface area (Å²) in [6.07, 6.45) is 3.82. The van der Waals surface area contributed by atoms with Crippen molar-refractivity contribution < 1.29 is 9.47 Å². The normalized spacial score (nSPS) is 14.2. The second kappa shape index (κ2) is 12.9. The minimum atomic E-state index is 0.547. The number of hydrogen-bond donors (Lipinski definition) is 0. The summed E-state index contributed by atoms with van der Waals surface area (Å²) in [7, 11) is 0. The van der Waals surface area contributed by atoms with Gasteiger partial charge in [0.05, 0.1) is 24.5 Å². The van der Waals surface area contributed by atoms with Gasteiger partial charge in [-0.3, -0.25) is 9.98 Å². The number of ether oxygens (including phenoxy) is 2. The molecule has 0 radical (unpaired) electrons. The Labute approximate surface area is 291 Å². The molecular formula is C44H34N4O2. The summed E-state index contributed by atoms with van der Waals surface area (Å²) in [6, 6.07) is 50.3. The maximum absolute atomic E-state index is 6.12. The smallest absolute Gasteiger partial charge is 0.161 e. The standard InChI is InChI=1S/C44H34N4O2/c1-3-7-37(8-4-1)47-27-41-39-19-17-35(23-33(39)15-21-43(41)49-29-47)45-25-31-11-13-32(14-12-31)26-46-36-18-20-40-34(24-36)16-22-44-42(40)28-48(30-50-44)38-9-5-2-6-10-38/h1-26H,27-30H2. The fourth-order valence-electron chi connectivity index (χ4n) is 6.82. The highest BCUT2D eigenvalue weighted by molar-refractivity contribution is 5.93. The van der Waals surface area contributed by atoms with E-state index in [9.17, 15) is 0 Å². The molecule has 0 aliphatic carbocycles. The summed E-state index contributed by atoms with van der Waals surface area (Å²) in [5, 5.41) is 4.69. The number of hydrogen-bond acceptors (Lipinski definition) is 6. The van der Waals surface area contributed by atoms with Gasteiger partial charge in [-0.05, 0) is 93.3 Å². The molecule has 0 aromatic heterocycles. The van der Waals surface area contributed by atoms with Gasteiger partial charge in [0.15, 0.2) is 13.5 Å². The van der Waals surface area contributed by atoms with Crippen LogP contribution in [0, 0.1) is 0 Å². The number of anilines is 2. The lowest BCUT2D eigenvalue weighted by Crippen LogP contribution is -2.31. The first-order valence-electron chi connectivity index (χ1n) is 16.9. The molecule has 6 nitrogen and oxygen atoms in total. The highest BCUT2D eigenvalue weighted by Gasteiger charge is 2.21. The van der Waals surface area contributed by atoms with Gasteiger partial charge in [0.1, 0.15) is 11.5 Å². The lowest BCUT2D eigenvalue weighted by molar-refractivity contribution is 0.290. The first kappa shape index (κ1) is 29.7. The number of aliphatic imine (C=N–C) groups is 2. The van der Waals surface area contributed by atoms with Gasteiger partial charge in [0.2, 0.25) is 0 Å². The molecule has 2 aliphatic rings. The van der Waals surface area contributed by atoms with Crippen LogP contribution >= 0.6 is 0 Å². The van der Waals surface area contributed by atoms with Crippen LogP contribution in [-0.2, 0) is 13.1 Å². The number of nitrogens with zero attached hydrogens (tertiary/aromatic N) is 4. The van der Waals surface area contributed by atoms with Crippen molar-refractivity contribution >= 4 is 56.7 Å². The monoisotopic (exact) mass is 650 g/mol. The molecule has 2 heterocycles. The van der Waals surface area contributed by atoms with Gasteiger partial charge < -0.3 is 19.3 Å². The minimum absolute atomic E-state index is 0.547. The third kappa shape index (κ3) is 5.92. The molecule has 0 fully saturated rings. The van der Waals surface area contributed by atoms with Gasteiger partial charge in [0, 0.05) is 34.9 Å². The van der Waals surface area contributed by atoms with Crippen molar-refractivity contribution in [2.45, 2.75) is 13.1 Å². The Morgan fingerprint density at radius 1 is 0.460 bits per heavy atom. The molecule has 0 atom stereocenters. The van der Waals surface area contributed by atoms with E-state index < -0.39 is 0 Å². The Hall–Kier alpha value is -6.40. The van der Waals surface area contributed by atoms with E-state index in [0.29, 0.717) is 13.5 Å². The third-order valence-electron chi connectivity index (χ3n) is 9.50. The summed E-state index contributed by atoms with van der Waals surface area (Å²) in [6.45, 7) is 2.71. The predicted octanol–water partition coefficient (Wildman–Crippen LogP) is 10.2. The average Bonchev–Trinajstić information content (AvgIpc) is 3.19. The third-order valence-corrected chi connectivity index (χ3v) is 9.50. The summed E-state index contributed by atoms with van der Waals surface area (Å²) in [5.41, 5.74) is 8.62. The molecule has 9 rings (SSSR count). The minimum Gasteiger partial charge on any atom is -0.473 e. The molecule has 50 heavy (non-hydrogen) atoms. The molecule has 0 N–H and O–H groups in total. The van der Waals surface area contributed by atoms with Crippen LogP contribution in [0.1, 0.15) is 22.3 Å². The maximum atomic E-state index is 6.12. The van der Waals surface area contributed by atoms with Crippen molar-refractivity contribution in [3.8, 4) is 11.5 Å². The predicted molar refractivity (Wildman–Crippen MR) is 205 cm³/mol. The zero-order valence-corrected chi connectivity index (χ0v) is 27.4. The first-order chi connectivity index (χ1) is 24.7. The van der Waals surface area contributed by atoms with Crippen molar-refractivity contribution in [2.75, 3.05) is 23.3 Å². The van der Waals surface area contributed by atoms with Crippen LogP contribution in [0.3, 0.4) is 0 Å². The summed E-state index contributed by atoms with van der Waals surface area (Å²) >= 11 is 0. The highest BCUT2D eigenvalue weighted by Crippen LogP contribution is 2.37. The van der Waals surface area contributed by atoms with E-state index in [1.54, 1.807) is 0 Å². The second-order valence-electron chi connectivity index (χ2n) is 12.7. The number of rotatable bonds is 6. The van der Waals surface area contributed by atoms with Gasteiger partial charge in [-0.2, -0.15) is 0 Å². The molecule has 7 aromatic carbocycles. The Morgan fingerprint density at radius 2 is 0.900 bits per heavy atom. The van der Waals surface area contributed by atoms with Crippen molar-refractivity contribution in [1.29, 1.82) is 0 Å². The van der Waals surface area contributed by atoms with Gasteiger partial charge in [-0.15, -0.1) is 0 Å². The quantitative estimate of drug-likeness (QED) is 0.168. The Balaban J connectivity index is 0.878. The van der Waals surface area contributed by atoms with Gasteiger partial charge in [-0.1, -0.05) is 84.9 Å². The van der Waals surface area contributed by atoms with E-state index in [1.807, 2.05) is 24.6 Å². The molecule has 2 aliphatic heterocycles. The van der Waals surface area contributed by atoms with E-state index in [2.05, 4.69) is 143 Å². The van der Waals surface area contributed by atoms with E-state index in [0.717, 1.165) is 69.2 Å².